The van der Waals surface area contributed by atoms with Gasteiger partial charge in [0.05, 0.1) is 32.5 Å². The smallest absolute Gasteiger partial charge is 0.343 e. The van der Waals surface area contributed by atoms with Crippen LogP contribution in [0, 0.1) is 6.92 Å². The number of nitrogens with zero attached hydrogens (tertiary/aromatic N) is 1. The third-order valence-corrected chi connectivity index (χ3v) is 6.52. The third kappa shape index (κ3) is 4.34. The summed E-state index contributed by atoms with van der Waals surface area (Å²) in [5, 5.41) is 0.951. The normalized spacial score (nSPS) is 13.4. The number of methoxy groups -OCH3 is 3. The standard InChI is InChI=1S/C30H27NO7/c1-6-31-16-19(22-14-20(34-3)8-9-23(22)31)13-27-29(32)28-17(2)11-21(15-26(28)38-27)37-30(33)18-7-10-24(35-4)25(12-18)36-5/h7-16H,6H2,1-5H3/b27-13-. The first-order valence-corrected chi connectivity index (χ1v) is 12.1. The molecule has 0 amide bonds. The number of hydrogen-bond donors (Lipinski definition) is 0. The van der Waals surface area contributed by atoms with Crippen molar-refractivity contribution in [3.63, 3.8) is 0 Å². The van der Waals surface area contributed by atoms with E-state index in [9.17, 15) is 9.59 Å². The number of rotatable bonds is 7. The van der Waals surface area contributed by atoms with Gasteiger partial charge in [-0.3, -0.25) is 4.79 Å². The van der Waals surface area contributed by atoms with Gasteiger partial charge in [-0.2, -0.15) is 0 Å². The number of allylic oxidation sites excluding steroid dienone is 1. The first-order valence-electron chi connectivity index (χ1n) is 12.1. The summed E-state index contributed by atoms with van der Waals surface area (Å²) in [4.78, 5) is 26.1. The van der Waals surface area contributed by atoms with Crippen LogP contribution in [0.2, 0.25) is 0 Å². The molecule has 1 aromatic heterocycles. The molecule has 0 aliphatic carbocycles. The molecule has 8 nitrogen and oxygen atoms in total. The second kappa shape index (κ2) is 9.97. The molecule has 5 rings (SSSR count). The number of ketones is 1. The summed E-state index contributed by atoms with van der Waals surface area (Å²) in [6.45, 7) is 4.61. The van der Waals surface area contributed by atoms with Gasteiger partial charge in [0.15, 0.2) is 17.3 Å². The van der Waals surface area contributed by atoms with Crippen molar-refractivity contribution < 1.29 is 33.3 Å². The van der Waals surface area contributed by atoms with E-state index >= 15 is 0 Å². The molecule has 0 saturated carbocycles. The van der Waals surface area contributed by atoms with E-state index in [4.69, 9.17) is 23.7 Å². The SMILES string of the molecule is CCn1cc(/C=C2\Oc3cc(OC(=O)c4ccc(OC)c(OC)c4)cc(C)c3C2=O)c2cc(OC)ccc21. The van der Waals surface area contributed by atoms with Gasteiger partial charge in [0.2, 0.25) is 5.78 Å². The summed E-state index contributed by atoms with van der Waals surface area (Å²) in [5.74, 6) is 1.65. The highest BCUT2D eigenvalue weighted by Crippen LogP contribution is 2.39. The molecule has 0 atom stereocenters. The van der Waals surface area contributed by atoms with Gasteiger partial charge >= 0.3 is 5.97 Å². The molecule has 3 aromatic carbocycles. The van der Waals surface area contributed by atoms with Gasteiger partial charge in [0.1, 0.15) is 17.2 Å². The van der Waals surface area contributed by atoms with Crippen LogP contribution < -0.4 is 23.7 Å². The molecule has 8 heteroatoms. The van der Waals surface area contributed by atoms with Crippen LogP contribution in [0.3, 0.4) is 0 Å². The van der Waals surface area contributed by atoms with Crippen LogP contribution in [-0.4, -0.2) is 37.6 Å². The number of carbonyl (C=O) groups excluding carboxylic acids is 2. The fourth-order valence-corrected chi connectivity index (χ4v) is 4.61. The van der Waals surface area contributed by atoms with Crippen LogP contribution in [0.1, 0.15) is 38.8 Å². The summed E-state index contributed by atoms with van der Waals surface area (Å²) in [6, 6.07) is 13.8. The van der Waals surface area contributed by atoms with E-state index in [1.54, 1.807) is 50.4 Å². The Labute approximate surface area is 219 Å². The summed E-state index contributed by atoms with van der Waals surface area (Å²) in [5.41, 5.74) is 3.25. The van der Waals surface area contributed by atoms with Gasteiger partial charge in [0.25, 0.3) is 0 Å². The van der Waals surface area contributed by atoms with E-state index in [2.05, 4.69) is 11.5 Å². The van der Waals surface area contributed by atoms with E-state index in [1.807, 2.05) is 24.4 Å². The van der Waals surface area contributed by atoms with E-state index in [0.717, 1.165) is 28.8 Å². The zero-order valence-corrected chi connectivity index (χ0v) is 21.8. The first-order chi connectivity index (χ1) is 18.4. The van der Waals surface area contributed by atoms with E-state index in [-0.39, 0.29) is 17.3 Å². The summed E-state index contributed by atoms with van der Waals surface area (Å²) in [7, 11) is 4.63. The number of fused-ring (bicyclic) bond motifs is 2. The number of ether oxygens (including phenoxy) is 5. The van der Waals surface area contributed by atoms with Crippen molar-refractivity contribution >= 4 is 28.7 Å². The maximum Gasteiger partial charge on any atom is 0.343 e. The number of aryl methyl sites for hydroxylation is 2. The van der Waals surface area contributed by atoms with Crippen molar-refractivity contribution in [1.82, 2.24) is 4.57 Å². The average molecular weight is 514 g/mol. The van der Waals surface area contributed by atoms with E-state index < -0.39 is 5.97 Å². The monoisotopic (exact) mass is 513 g/mol. The Kier molecular flexibility index (Phi) is 6.55. The largest absolute Gasteiger partial charge is 0.497 e. The molecular weight excluding hydrogens is 486 g/mol. The molecule has 4 aromatic rings. The second-order valence-corrected chi connectivity index (χ2v) is 8.77. The Morgan fingerprint density at radius 2 is 1.74 bits per heavy atom. The van der Waals surface area contributed by atoms with Gasteiger partial charge < -0.3 is 28.3 Å². The molecule has 1 aliphatic heterocycles. The molecule has 0 spiro atoms. The highest BCUT2D eigenvalue weighted by atomic mass is 16.5. The van der Waals surface area contributed by atoms with Crippen LogP contribution in [-0.2, 0) is 6.54 Å². The zero-order valence-electron chi connectivity index (χ0n) is 21.8. The Bertz CT molecular complexity index is 1610. The molecule has 0 saturated heterocycles. The number of esters is 1. The van der Waals surface area contributed by atoms with Gasteiger partial charge in [-0.1, -0.05) is 0 Å². The Morgan fingerprint density at radius 1 is 0.947 bits per heavy atom. The van der Waals surface area contributed by atoms with Crippen LogP contribution in [0.4, 0.5) is 0 Å². The summed E-state index contributed by atoms with van der Waals surface area (Å²) in [6.07, 6.45) is 3.73. The Hall–Kier alpha value is -4.72. The molecule has 0 radical (unpaired) electrons. The minimum atomic E-state index is -0.577. The fourth-order valence-electron chi connectivity index (χ4n) is 4.61. The number of benzene rings is 3. The van der Waals surface area contributed by atoms with Crippen LogP contribution >= 0.6 is 0 Å². The van der Waals surface area contributed by atoms with Crippen molar-refractivity contribution in [3.05, 3.63) is 82.7 Å². The van der Waals surface area contributed by atoms with Crippen molar-refractivity contribution in [2.45, 2.75) is 20.4 Å². The maximum absolute atomic E-state index is 13.3. The van der Waals surface area contributed by atoms with Crippen molar-refractivity contribution in [1.29, 1.82) is 0 Å². The number of carbonyl (C=O) groups is 2. The van der Waals surface area contributed by atoms with Gasteiger partial charge in [-0.05, 0) is 68.0 Å². The average Bonchev–Trinajstić information content (AvgIpc) is 3.44. The molecule has 2 heterocycles. The molecular formula is C30H27NO7. The Morgan fingerprint density at radius 3 is 2.45 bits per heavy atom. The third-order valence-electron chi connectivity index (χ3n) is 6.52. The van der Waals surface area contributed by atoms with Crippen LogP contribution in [0.25, 0.3) is 17.0 Å². The maximum atomic E-state index is 13.3. The lowest BCUT2D eigenvalue weighted by Crippen LogP contribution is -2.09. The molecule has 1 aliphatic rings. The highest BCUT2D eigenvalue weighted by Gasteiger charge is 2.31. The first kappa shape index (κ1) is 25.0. The zero-order chi connectivity index (χ0) is 27.0. The molecule has 38 heavy (non-hydrogen) atoms. The quantitative estimate of drug-likeness (QED) is 0.175. The molecule has 0 fully saturated rings. The van der Waals surface area contributed by atoms with Crippen molar-refractivity contribution in [2.24, 2.45) is 0 Å². The fraction of sp³-hybridized carbons (Fsp3) is 0.200. The lowest BCUT2D eigenvalue weighted by Gasteiger charge is -2.10. The van der Waals surface area contributed by atoms with Gasteiger partial charge in [0, 0.05) is 35.3 Å². The second-order valence-electron chi connectivity index (χ2n) is 8.77. The van der Waals surface area contributed by atoms with Gasteiger partial charge in [-0.15, -0.1) is 0 Å². The number of Topliss-reactive ketones (excluding diaryl/α,β-unsaturated/α-hetero) is 1. The predicted molar refractivity (Wildman–Crippen MR) is 143 cm³/mol. The van der Waals surface area contributed by atoms with E-state index in [1.165, 1.54) is 14.2 Å². The van der Waals surface area contributed by atoms with E-state index in [0.29, 0.717) is 33.9 Å². The summed E-state index contributed by atoms with van der Waals surface area (Å²) >= 11 is 0. The summed E-state index contributed by atoms with van der Waals surface area (Å²) < 4.78 is 29.6. The molecule has 0 unspecified atom stereocenters. The van der Waals surface area contributed by atoms with Crippen LogP contribution in [0.15, 0.2) is 60.5 Å². The Balaban J connectivity index is 1.45. The predicted octanol–water partition coefficient (Wildman–Crippen LogP) is 5.83. The lowest BCUT2D eigenvalue weighted by molar-refractivity contribution is 0.0734. The topological polar surface area (TPSA) is 85.2 Å². The minimum absolute atomic E-state index is 0.199. The van der Waals surface area contributed by atoms with Crippen molar-refractivity contribution in [3.8, 4) is 28.7 Å². The molecule has 194 valence electrons. The highest BCUT2D eigenvalue weighted by molar-refractivity contribution is 6.16. The molecule has 0 bridgehead atoms. The van der Waals surface area contributed by atoms with Crippen LogP contribution in [0.5, 0.6) is 28.7 Å². The lowest BCUT2D eigenvalue weighted by atomic mass is 10.0. The van der Waals surface area contributed by atoms with Crippen molar-refractivity contribution in [2.75, 3.05) is 21.3 Å². The van der Waals surface area contributed by atoms with Gasteiger partial charge in [-0.25, -0.2) is 4.79 Å². The molecule has 0 N–H and O–H groups in total. The minimum Gasteiger partial charge on any atom is -0.497 e. The number of hydrogen-bond acceptors (Lipinski definition) is 7. The number of aromatic nitrogens is 1.